The maximum Gasteiger partial charge on any atom is 0.179 e. The lowest BCUT2D eigenvalue weighted by Crippen LogP contribution is -2.74. The number of thiophene rings is 1. The molecule has 0 fully saturated rings. The van der Waals surface area contributed by atoms with Crippen LogP contribution >= 0.6 is 11.3 Å². The van der Waals surface area contributed by atoms with Crippen LogP contribution in [0.1, 0.15) is 0 Å². The molecule has 2 nitrogen and oxygen atoms in total. The van der Waals surface area contributed by atoms with Gasteiger partial charge in [-0.2, -0.15) is 0 Å². The molecule has 64 heavy (non-hydrogen) atoms. The number of anilines is 3. The lowest BCUT2D eigenvalue weighted by molar-refractivity contribution is 0.670. The lowest BCUT2D eigenvalue weighted by atomic mass is 9.96. The SMILES string of the molecule is c1ccc(-c2cc(-c3cccc4c3oc3ccccc34)cc(N(c3ccc([Si](c4ccccc4)(c4ccccc4)c4ccccc4)cc3)c3cccc4c3sc3ccccc34)c2)cc1. The normalized spacial score (nSPS) is 11.8. The molecule has 12 aromatic rings. The highest BCUT2D eigenvalue weighted by Gasteiger charge is 2.41. The first-order valence-corrected chi connectivity index (χ1v) is 24.6. The molecule has 0 N–H and O–H groups in total. The average Bonchev–Trinajstić information content (AvgIpc) is 3.95. The number of benzene rings is 10. The third-order valence-corrected chi connectivity index (χ3v) is 18.8. The summed E-state index contributed by atoms with van der Waals surface area (Å²) >= 11 is 1.86. The molecular formula is C60H41NOSSi. The molecule has 0 amide bonds. The summed E-state index contributed by atoms with van der Waals surface area (Å²) in [5.41, 5.74) is 9.53. The van der Waals surface area contributed by atoms with Crippen molar-refractivity contribution < 1.29 is 4.42 Å². The highest BCUT2D eigenvalue weighted by molar-refractivity contribution is 7.26. The van der Waals surface area contributed by atoms with Gasteiger partial charge < -0.3 is 9.32 Å². The third kappa shape index (κ3) is 6.30. The Labute approximate surface area is 377 Å². The number of fused-ring (bicyclic) bond motifs is 6. The zero-order valence-corrected chi connectivity index (χ0v) is 36.8. The molecule has 0 saturated heterocycles. The molecule has 2 heterocycles. The van der Waals surface area contributed by atoms with Gasteiger partial charge in [0.15, 0.2) is 8.07 Å². The fourth-order valence-corrected chi connectivity index (χ4v) is 15.9. The summed E-state index contributed by atoms with van der Waals surface area (Å²) in [5.74, 6) is 0. The number of hydrogen-bond acceptors (Lipinski definition) is 3. The van der Waals surface area contributed by atoms with Crippen LogP contribution in [0.4, 0.5) is 17.1 Å². The van der Waals surface area contributed by atoms with Crippen LogP contribution in [0.25, 0.3) is 64.4 Å². The van der Waals surface area contributed by atoms with Gasteiger partial charge in [0.2, 0.25) is 0 Å². The second-order valence-corrected chi connectivity index (χ2v) is 21.3. The minimum Gasteiger partial charge on any atom is -0.455 e. The first kappa shape index (κ1) is 38.0. The van der Waals surface area contributed by atoms with Crippen molar-refractivity contribution in [2.45, 2.75) is 0 Å². The highest BCUT2D eigenvalue weighted by Crippen LogP contribution is 2.47. The van der Waals surface area contributed by atoms with E-state index in [1.165, 1.54) is 40.9 Å². The van der Waals surface area contributed by atoms with E-state index in [4.69, 9.17) is 4.42 Å². The van der Waals surface area contributed by atoms with Gasteiger partial charge in [-0.25, -0.2) is 0 Å². The molecule has 0 radical (unpaired) electrons. The van der Waals surface area contributed by atoms with E-state index in [0.29, 0.717) is 0 Å². The fourth-order valence-electron chi connectivity index (χ4n) is 9.93. The molecule has 2 aromatic heterocycles. The molecule has 0 aliphatic rings. The summed E-state index contributed by atoms with van der Waals surface area (Å²) in [6, 6.07) is 91.2. The summed E-state index contributed by atoms with van der Waals surface area (Å²) in [7, 11) is -2.76. The van der Waals surface area contributed by atoms with Gasteiger partial charge >= 0.3 is 0 Å². The zero-order valence-electron chi connectivity index (χ0n) is 34.9. The van der Waals surface area contributed by atoms with Gasteiger partial charge in [0, 0.05) is 43.2 Å². The smallest absolute Gasteiger partial charge is 0.179 e. The largest absolute Gasteiger partial charge is 0.455 e. The van der Waals surface area contributed by atoms with Gasteiger partial charge in [0.05, 0.1) is 10.4 Å². The molecule has 0 spiro atoms. The predicted octanol–water partition coefficient (Wildman–Crippen LogP) is 14.1. The van der Waals surface area contributed by atoms with Crippen molar-refractivity contribution in [1.82, 2.24) is 0 Å². The fraction of sp³-hybridized carbons (Fsp3) is 0. The number of rotatable bonds is 9. The van der Waals surface area contributed by atoms with Crippen LogP contribution in [0.2, 0.25) is 0 Å². The molecule has 12 rings (SSSR count). The summed E-state index contributed by atoms with van der Waals surface area (Å²) in [6.07, 6.45) is 0. The number of nitrogens with zero attached hydrogens (tertiary/aromatic N) is 1. The Kier molecular flexibility index (Phi) is 9.40. The van der Waals surface area contributed by atoms with Crippen LogP contribution in [0.15, 0.2) is 253 Å². The van der Waals surface area contributed by atoms with Crippen molar-refractivity contribution in [2.75, 3.05) is 4.90 Å². The Morgan fingerprint density at radius 3 is 1.58 bits per heavy atom. The van der Waals surface area contributed by atoms with Crippen LogP contribution in [0, 0.1) is 0 Å². The van der Waals surface area contributed by atoms with E-state index in [1.54, 1.807) is 0 Å². The monoisotopic (exact) mass is 851 g/mol. The van der Waals surface area contributed by atoms with Gasteiger partial charge in [-0.15, -0.1) is 11.3 Å². The van der Waals surface area contributed by atoms with Crippen molar-refractivity contribution >= 4 is 99.3 Å². The second-order valence-electron chi connectivity index (χ2n) is 16.4. The third-order valence-electron chi connectivity index (χ3n) is 12.8. The predicted molar refractivity (Wildman–Crippen MR) is 276 cm³/mol. The number of hydrogen-bond donors (Lipinski definition) is 0. The van der Waals surface area contributed by atoms with Gasteiger partial charge in [0.25, 0.3) is 0 Å². The highest BCUT2D eigenvalue weighted by atomic mass is 32.1. The van der Waals surface area contributed by atoms with E-state index in [0.717, 1.165) is 61.3 Å². The Hall–Kier alpha value is -7.76. The maximum atomic E-state index is 6.69. The molecule has 0 aliphatic heterocycles. The van der Waals surface area contributed by atoms with Crippen LogP contribution < -0.4 is 25.6 Å². The molecule has 302 valence electrons. The number of para-hydroxylation sites is 2. The topological polar surface area (TPSA) is 16.4 Å². The molecule has 0 atom stereocenters. The van der Waals surface area contributed by atoms with E-state index >= 15 is 0 Å². The molecule has 0 aliphatic carbocycles. The summed E-state index contributed by atoms with van der Waals surface area (Å²) in [5, 5.41) is 10.2. The lowest BCUT2D eigenvalue weighted by Gasteiger charge is -2.35. The summed E-state index contributed by atoms with van der Waals surface area (Å²) in [4.78, 5) is 2.48. The van der Waals surface area contributed by atoms with Crippen molar-refractivity contribution in [3.63, 3.8) is 0 Å². The molecule has 4 heteroatoms. The van der Waals surface area contributed by atoms with E-state index < -0.39 is 8.07 Å². The molecule has 0 saturated carbocycles. The molecular weight excluding hydrogens is 811 g/mol. The Balaban J connectivity index is 1.12. The first-order chi connectivity index (χ1) is 31.7. The minimum atomic E-state index is -2.76. The summed E-state index contributed by atoms with van der Waals surface area (Å²) in [6.45, 7) is 0. The van der Waals surface area contributed by atoms with Gasteiger partial charge in [-0.3, -0.25) is 0 Å². The Morgan fingerprint density at radius 1 is 0.359 bits per heavy atom. The van der Waals surface area contributed by atoms with E-state index in [2.05, 4.69) is 248 Å². The van der Waals surface area contributed by atoms with Crippen molar-refractivity contribution in [2.24, 2.45) is 0 Å². The molecule has 0 bridgehead atoms. The van der Waals surface area contributed by atoms with Crippen LogP contribution in [-0.4, -0.2) is 8.07 Å². The summed E-state index contributed by atoms with van der Waals surface area (Å²) < 4.78 is 9.22. The van der Waals surface area contributed by atoms with Crippen LogP contribution in [0.3, 0.4) is 0 Å². The van der Waals surface area contributed by atoms with E-state index in [1.807, 2.05) is 17.4 Å². The Bertz CT molecular complexity index is 3500. The quantitative estimate of drug-likeness (QED) is 0.106. The first-order valence-electron chi connectivity index (χ1n) is 21.8. The maximum absolute atomic E-state index is 6.69. The van der Waals surface area contributed by atoms with Gasteiger partial charge in [0.1, 0.15) is 11.2 Å². The number of furan rings is 1. The van der Waals surface area contributed by atoms with E-state index in [9.17, 15) is 0 Å². The van der Waals surface area contributed by atoms with Gasteiger partial charge in [-0.05, 0) is 86.0 Å². The Morgan fingerprint density at radius 2 is 0.891 bits per heavy atom. The molecule has 10 aromatic carbocycles. The van der Waals surface area contributed by atoms with Crippen molar-refractivity contribution in [3.05, 3.63) is 249 Å². The second kappa shape index (κ2) is 15.9. The van der Waals surface area contributed by atoms with Crippen LogP contribution in [-0.2, 0) is 0 Å². The van der Waals surface area contributed by atoms with E-state index in [-0.39, 0.29) is 0 Å². The minimum absolute atomic E-state index is 0.892. The van der Waals surface area contributed by atoms with Gasteiger partial charge in [-0.1, -0.05) is 200 Å². The van der Waals surface area contributed by atoms with Crippen LogP contribution in [0.5, 0.6) is 0 Å². The average molecular weight is 852 g/mol. The van der Waals surface area contributed by atoms with Crippen molar-refractivity contribution in [1.29, 1.82) is 0 Å². The van der Waals surface area contributed by atoms with Crippen molar-refractivity contribution in [3.8, 4) is 22.3 Å². The standard InChI is InChI=1S/C60H41NOSSi/c1-5-19-42(20-6-1)43-39-44(51-29-17-30-54-52-27-13-15-33-57(52)62-59(51)54)41-46(40-43)61(56-32-18-31-55-53-28-14-16-34-58(53)63-60(55)56)45-35-37-50(38-36-45)64(47-21-7-2-8-22-47,48-23-9-3-10-24-48)49-25-11-4-12-26-49/h1-41H. The molecule has 0 unspecified atom stereocenters. The zero-order chi connectivity index (χ0) is 42.5.